The summed E-state index contributed by atoms with van der Waals surface area (Å²) in [6.45, 7) is 1.64. The maximum atomic E-state index is 13.1. The van der Waals surface area contributed by atoms with Gasteiger partial charge in [-0.1, -0.05) is 31.0 Å². The zero-order valence-electron chi connectivity index (χ0n) is 17.0. The Bertz CT molecular complexity index is 672. The lowest BCUT2D eigenvalue weighted by Gasteiger charge is -2.41. The molecule has 1 saturated carbocycles. The van der Waals surface area contributed by atoms with Crippen molar-refractivity contribution < 1.29 is 19.1 Å². The molecule has 1 N–H and O–H groups in total. The fraction of sp³-hybridized carbons (Fsp3) is 0.636. The quantitative estimate of drug-likeness (QED) is 0.744. The van der Waals surface area contributed by atoms with Gasteiger partial charge in [0, 0.05) is 32.2 Å². The zero-order valence-corrected chi connectivity index (χ0v) is 17.0. The van der Waals surface area contributed by atoms with E-state index in [1.807, 2.05) is 24.3 Å². The van der Waals surface area contributed by atoms with Gasteiger partial charge < -0.3 is 19.7 Å². The van der Waals surface area contributed by atoms with Gasteiger partial charge in [-0.05, 0) is 31.2 Å². The minimum Gasteiger partial charge on any atom is -0.496 e. The van der Waals surface area contributed by atoms with Crippen molar-refractivity contribution in [2.75, 3.05) is 33.9 Å². The summed E-state index contributed by atoms with van der Waals surface area (Å²) in [7, 11) is 3.25. The molecule has 6 heteroatoms. The molecule has 3 rings (SSSR count). The molecule has 2 fully saturated rings. The van der Waals surface area contributed by atoms with E-state index in [1.54, 1.807) is 19.1 Å². The van der Waals surface area contributed by atoms with Crippen LogP contribution in [0, 0.1) is 11.8 Å². The first kappa shape index (κ1) is 20.6. The predicted octanol–water partition coefficient (Wildman–Crippen LogP) is 2.93. The van der Waals surface area contributed by atoms with Crippen LogP contribution in [0.5, 0.6) is 5.75 Å². The van der Waals surface area contributed by atoms with Crippen molar-refractivity contribution in [1.29, 1.82) is 0 Å². The molecule has 1 aromatic carbocycles. The number of likely N-dealkylation sites (tertiary alicyclic amines) is 1. The third kappa shape index (κ3) is 4.66. The lowest BCUT2D eigenvalue weighted by atomic mass is 9.83. The number of piperidine rings is 1. The number of hydrogen-bond acceptors (Lipinski definition) is 4. The van der Waals surface area contributed by atoms with Crippen LogP contribution >= 0.6 is 0 Å². The van der Waals surface area contributed by atoms with Crippen molar-refractivity contribution in [3.63, 3.8) is 0 Å². The zero-order chi connectivity index (χ0) is 19.9. The first-order chi connectivity index (χ1) is 13.7. The van der Waals surface area contributed by atoms with Crippen molar-refractivity contribution in [3.05, 3.63) is 29.8 Å². The van der Waals surface area contributed by atoms with Crippen LogP contribution in [0.4, 0.5) is 0 Å². The van der Waals surface area contributed by atoms with E-state index < -0.39 is 0 Å². The molecule has 2 amide bonds. The number of nitrogens with zero attached hydrogens (tertiary/aromatic N) is 1. The summed E-state index contributed by atoms with van der Waals surface area (Å²) in [5.41, 5.74) is 0.884. The predicted molar refractivity (Wildman–Crippen MR) is 107 cm³/mol. The van der Waals surface area contributed by atoms with Gasteiger partial charge in [-0.3, -0.25) is 9.59 Å². The van der Waals surface area contributed by atoms with E-state index in [-0.39, 0.29) is 23.8 Å². The average Bonchev–Trinajstić information content (AvgIpc) is 3.24. The Morgan fingerprint density at radius 3 is 2.64 bits per heavy atom. The number of hydrogen-bond donors (Lipinski definition) is 1. The first-order valence-electron chi connectivity index (χ1n) is 10.3. The Labute approximate surface area is 167 Å². The Morgan fingerprint density at radius 2 is 1.93 bits per heavy atom. The normalized spacial score (nSPS) is 23.1. The van der Waals surface area contributed by atoms with Gasteiger partial charge in [0.15, 0.2) is 0 Å². The minimum atomic E-state index is -0.337. The molecule has 1 saturated heterocycles. The van der Waals surface area contributed by atoms with E-state index in [9.17, 15) is 9.59 Å². The summed E-state index contributed by atoms with van der Waals surface area (Å²) >= 11 is 0. The van der Waals surface area contributed by atoms with Crippen LogP contribution in [0.25, 0.3) is 0 Å². The van der Waals surface area contributed by atoms with Crippen LogP contribution in [-0.4, -0.2) is 50.6 Å². The Morgan fingerprint density at radius 1 is 1.18 bits per heavy atom. The highest BCUT2D eigenvalue weighted by molar-refractivity contribution is 5.85. The third-order valence-corrected chi connectivity index (χ3v) is 6.08. The maximum absolute atomic E-state index is 13.1. The molecule has 1 heterocycles. The summed E-state index contributed by atoms with van der Waals surface area (Å²) < 4.78 is 10.8. The highest BCUT2D eigenvalue weighted by atomic mass is 16.5. The van der Waals surface area contributed by atoms with E-state index in [0.717, 1.165) is 12.1 Å². The smallest absolute Gasteiger partial charge is 0.225 e. The van der Waals surface area contributed by atoms with Gasteiger partial charge in [-0.25, -0.2) is 0 Å². The molecule has 154 valence electrons. The summed E-state index contributed by atoms with van der Waals surface area (Å²) in [6.07, 6.45) is 5.84. The van der Waals surface area contributed by atoms with Gasteiger partial charge in [0.25, 0.3) is 0 Å². The van der Waals surface area contributed by atoms with Crippen molar-refractivity contribution in [1.82, 2.24) is 10.2 Å². The van der Waals surface area contributed by atoms with E-state index in [4.69, 9.17) is 9.47 Å². The van der Waals surface area contributed by atoms with Gasteiger partial charge in [0.05, 0.1) is 25.7 Å². The number of para-hydroxylation sites is 1. The van der Waals surface area contributed by atoms with Crippen LogP contribution < -0.4 is 10.1 Å². The molecule has 1 aliphatic heterocycles. The minimum absolute atomic E-state index is 0.0396. The number of rotatable bonds is 8. The molecular formula is C22H32N2O4. The Hall–Kier alpha value is -2.08. The molecule has 0 radical (unpaired) electrons. The number of amides is 2. The second kappa shape index (κ2) is 9.92. The van der Waals surface area contributed by atoms with Gasteiger partial charge in [-0.2, -0.15) is 0 Å². The van der Waals surface area contributed by atoms with E-state index >= 15 is 0 Å². The number of benzene rings is 1. The number of carbonyl (C=O) groups is 2. The molecule has 2 atom stereocenters. The van der Waals surface area contributed by atoms with Crippen LogP contribution in [0.1, 0.15) is 50.1 Å². The third-order valence-electron chi connectivity index (χ3n) is 6.08. The standard InChI is InChI=1S/C22H32N2O4/c1-27-14-13-24-20(25)12-11-18(22(26)23-15-16-7-3-4-8-16)21(24)17-9-5-6-10-19(17)28-2/h5-6,9-10,16,18,21H,3-4,7-8,11-15H2,1-2H3,(H,23,26)/t18-,21+/m1/s1. The summed E-state index contributed by atoms with van der Waals surface area (Å²) in [4.78, 5) is 27.7. The number of ether oxygens (including phenoxy) is 2. The molecule has 2 aliphatic rings. The van der Waals surface area contributed by atoms with Crippen molar-refractivity contribution >= 4 is 11.8 Å². The van der Waals surface area contributed by atoms with Crippen molar-refractivity contribution in [2.45, 2.75) is 44.6 Å². The van der Waals surface area contributed by atoms with E-state index in [1.165, 1.54) is 25.7 Å². The van der Waals surface area contributed by atoms with Crippen molar-refractivity contribution in [2.24, 2.45) is 11.8 Å². The summed E-state index contributed by atoms with van der Waals surface area (Å²) in [5.74, 6) is 1.11. The fourth-order valence-corrected chi connectivity index (χ4v) is 4.57. The Balaban J connectivity index is 1.84. The number of nitrogens with one attached hydrogen (secondary N) is 1. The molecule has 1 aromatic rings. The van der Waals surface area contributed by atoms with Crippen LogP contribution in [-0.2, 0) is 14.3 Å². The molecule has 0 bridgehead atoms. The topological polar surface area (TPSA) is 67.9 Å². The van der Waals surface area contributed by atoms with Crippen molar-refractivity contribution in [3.8, 4) is 5.75 Å². The average molecular weight is 389 g/mol. The van der Waals surface area contributed by atoms with Gasteiger partial charge in [0.2, 0.25) is 11.8 Å². The van der Waals surface area contributed by atoms with Gasteiger partial charge in [-0.15, -0.1) is 0 Å². The molecule has 0 spiro atoms. The molecule has 6 nitrogen and oxygen atoms in total. The lowest BCUT2D eigenvalue weighted by molar-refractivity contribution is -0.144. The molecular weight excluding hydrogens is 356 g/mol. The second-order valence-electron chi connectivity index (χ2n) is 7.81. The maximum Gasteiger partial charge on any atom is 0.225 e. The summed E-state index contributed by atoms with van der Waals surface area (Å²) in [5, 5.41) is 3.17. The monoisotopic (exact) mass is 388 g/mol. The fourth-order valence-electron chi connectivity index (χ4n) is 4.57. The van der Waals surface area contributed by atoms with Crippen LogP contribution in [0.15, 0.2) is 24.3 Å². The molecule has 1 aliphatic carbocycles. The highest BCUT2D eigenvalue weighted by Gasteiger charge is 2.41. The highest BCUT2D eigenvalue weighted by Crippen LogP contribution is 2.40. The van der Waals surface area contributed by atoms with Crippen LogP contribution in [0.3, 0.4) is 0 Å². The second-order valence-corrected chi connectivity index (χ2v) is 7.81. The lowest BCUT2D eigenvalue weighted by Crippen LogP contribution is -2.49. The van der Waals surface area contributed by atoms with Gasteiger partial charge in [0.1, 0.15) is 5.75 Å². The van der Waals surface area contributed by atoms with E-state index in [0.29, 0.717) is 37.7 Å². The molecule has 28 heavy (non-hydrogen) atoms. The van der Waals surface area contributed by atoms with Gasteiger partial charge >= 0.3 is 0 Å². The number of carbonyl (C=O) groups excluding carboxylic acids is 2. The molecule has 0 aromatic heterocycles. The molecule has 0 unspecified atom stereocenters. The SMILES string of the molecule is COCCN1C(=O)CC[C@@H](C(=O)NCC2CCCC2)[C@@H]1c1ccccc1OC. The first-order valence-corrected chi connectivity index (χ1v) is 10.3. The number of methoxy groups -OCH3 is 2. The summed E-state index contributed by atoms with van der Waals surface area (Å²) in [6, 6.07) is 7.34. The Kier molecular flexibility index (Phi) is 7.31. The van der Waals surface area contributed by atoms with E-state index in [2.05, 4.69) is 5.32 Å². The largest absolute Gasteiger partial charge is 0.496 e. The van der Waals surface area contributed by atoms with Crippen LogP contribution in [0.2, 0.25) is 0 Å².